The minimum atomic E-state index is -0.102. The van der Waals surface area contributed by atoms with Crippen LogP contribution < -0.4 is 5.32 Å². The van der Waals surface area contributed by atoms with Crippen molar-refractivity contribution in [3.05, 3.63) is 65.8 Å². The number of hydrogen-bond donors (Lipinski definition) is 1. The van der Waals surface area contributed by atoms with Gasteiger partial charge in [0.05, 0.1) is 22.5 Å². The van der Waals surface area contributed by atoms with Gasteiger partial charge in [0.1, 0.15) is 12.4 Å². The fourth-order valence-electron chi connectivity index (χ4n) is 2.92. The molecule has 0 aliphatic rings. The molecule has 0 atom stereocenters. The maximum atomic E-state index is 12.6. The van der Waals surface area contributed by atoms with Crippen LogP contribution in [0.3, 0.4) is 0 Å². The maximum absolute atomic E-state index is 12.6. The van der Waals surface area contributed by atoms with Crippen LogP contribution in [0.25, 0.3) is 22.3 Å². The van der Waals surface area contributed by atoms with Crippen LogP contribution in [0, 0.1) is 0 Å². The molecular formula is C20H18N4OS2. The molecule has 2 aromatic heterocycles. The molecule has 7 heteroatoms. The summed E-state index contributed by atoms with van der Waals surface area (Å²) in [6.07, 6.45) is 2.03. The highest BCUT2D eigenvalue weighted by Gasteiger charge is 2.14. The molecule has 0 bridgehead atoms. The van der Waals surface area contributed by atoms with Gasteiger partial charge in [-0.05, 0) is 18.4 Å². The van der Waals surface area contributed by atoms with Crippen molar-refractivity contribution in [2.75, 3.05) is 11.6 Å². The van der Waals surface area contributed by atoms with Gasteiger partial charge in [0, 0.05) is 10.9 Å². The molecule has 1 N–H and O–H groups in total. The van der Waals surface area contributed by atoms with Crippen LogP contribution in [0.2, 0.25) is 0 Å². The van der Waals surface area contributed by atoms with Crippen molar-refractivity contribution in [2.45, 2.75) is 12.3 Å². The molecule has 0 saturated carbocycles. The zero-order valence-corrected chi connectivity index (χ0v) is 16.4. The number of carbonyl (C=O) groups excluding carboxylic acids is 1. The summed E-state index contributed by atoms with van der Waals surface area (Å²) in [4.78, 5) is 21.8. The molecule has 0 spiro atoms. The Morgan fingerprint density at radius 3 is 2.70 bits per heavy atom. The maximum Gasteiger partial charge on any atom is 0.246 e. The van der Waals surface area contributed by atoms with Gasteiger partial charge in [-0.2, -0.15) is 11.8 Å². The molecule has 136 valence electrons. The van der Waals surface area contributed by atoms with Gasteiger partial charge in [-0.1, -0.05) is 42.5 Å². The van der Waals surface area contributed by atoms with Crippen molar-refractivity contribution < 1.29 is 4.79 Å². The van der Waals surface area contributed by atoms with Gasteiger partial charge in [-0.25, -0.2) is 9.97 Å². The average molecular weight is 395 g/mol. The number of rotatable bonds is 6. The number of para-hydroxylation sites is 2. The quantitative estimate of drug-likeness (QED) is 0.517. The number of carbonyl (C=O) groups is 1. The highest BCUT2D eigenvalue weighted by atomic mass is 32.2. The third-order valence-electron chi connectivity index (χ3n) is 4.13. The second kappa shape index (κ2) is 7.94. The molecule has 2 aromatic carbocycles. The summed E-state index contributed by atoms with van der Waals surface area (Å²) in [5.41, 5.74) is 3.79. The minimum Gasteiger partial charge on any atom is -0.318 e. The first-order valence-corrected chi connectivity index (χ1v) is 10.8. The summed E-state index contributed by atoms with van der Waals surface area (Å²) < 4.78 is 1.98. The van der Waals surface area contributed by atoms with Gasteiger partial charge in [0.25, 0.3) is 0 Å². The van der Waals surface area contributed by atoms with Gasteiger partial charge >= 0.3 is 0 Å². The largest absolute Gasteiger partial charge is 0.318 e. The monoisotopic (exact) mass is 394 g/mol. The fraction of sp³-hybridized carbons (Fsp3) is 0.150. The highest BCUT2D eigenvalue weighted by Crippen LogP contribution is 2.25. The SMILES string of the molecule is CSCc1nc2ccccc2n1CC(=O)Nc1nc(-c2ccccc2)cs1. The molecular weight excluding hydrogens is 376 g/mol. The van der Waals surface area contributed by atoms with Crippen LogP contribution in [-0.4, -0.2) is 26.7 Å². The summed E-state index contributed by atoms with van der Waals surface area (Å²) in [6, 6.07) is 17.8. The van der Waals surface area contributed by atoms with Crippen molar-refractivity contribution in [3.8, 4) is 11.3 Å². The van der Waals surface area contributed by atoms with E-state index in [2.05, 4.69) is 15.3 Å². The summed E-state index contributed by atoms with van der Waals surface area (Å²) in [5.74, 6) is 1.56. The molecule has 2 heterocycles. The first kappa shape index (κ1) is 17.8. The Bertz CT molecular complexity index is 1070. The molecule has 4 rings (SSSR count). The van der Waals surface area contributed by atoms with Gasteiger partial charge in [-0.15, -0.1) is 11.3 Å². The predicted molar refractivity (Wildman–Crippen MR) is 113 cm³/mol. The lowest BCUT2D eigenvalue weighted by molar-refractivity contribution is -0.116. The lowest BCUT2D eigenvalue weighted by Gasteiger charge is -2.08. The van der Waals surface area contributed by atoms with Crippen molar-refractivity contribution in [2.24, 2.45) is 0 Å². The van der Waals surface area contributed by atoms with Crippen LogP contribution in [0.5, 0.6) is 0 Å². The lowest BCUT2D eigenvalue weighted by Crippen LogP contribution is -2.20. The first-order valence-electron chi connectivity index (χ1n) is 8.48. The summed E-state index contributed by atoms with van der Waals surface area (Å²) in [6.45, 7) is 0.219. The normalized spacial score (nSPS) is 11.0. The Balaban J connectivity index is 1.53. The van der Waals surface area contributed by atoms with Gasteiger partial charge < -0.3 is 9.88 Å². The van der Waals surface area contributed by atoms with Crippen LogP contribution in [-0.2, 0) is 17.1 Å². The summed E-state index contributed by atoms with van der Waals surface area (Å²) >= 11 is 3.12. The summed E-state index contributed by atoms with van der Waals surface area (Å²) in [5, 5.41) is 5.48. The Morgan fingerprint density at radius 2 is 1.89 bits per heavy atom. The number of imidazole rings is 1. The Kier molecular flexibility index (Phi) is 5.22. The second-order valence-electron chi connectivity index (χ2n) is 5.99. The molecule has 5 nitrogen and oxygen atoms in total. The van der Waals surface area contributed by atoms with Crippen molar-refractivity contribution in [3.63, 3.8) is 0 Å². The van der Waals surface area contributed by atoms with Gasteiger partial charge in [0.2, 0.25) is 5.91 Å². The Hall–Kier alpha value is -2.64. The summed E-state index contributed by atoms with van der Waals surface area (Å²) in [7, 11) is 0. The second-order valence-corrected chi connectivity index (χ2v) is 7.71. The minimum absolute atomic E-state index is 0.102. The molecule has 27 heavy (non-hydrogen) atoms. The number of hydrogen-bond acceptors (Lipinski definition) is 5. The van der Waals surface area contributed by atoms with E-state index < -0.39 is 0 Å². The lowest BCUT2D eigenvalue weighted by atomic mass is 10.2. The highest BCUT2D eigenvalue weighted by molar-refractivity contribution is 7.97. The molecule has 1 amide bonds. The van der Waals surface area contributed by atoms with Crippen LogP contribution in [0.15, 0.2) is 60.0 Å². The van der Waals surface area contributed by atoms with E-state index in [0.717, 1.165) is 33.9 Å². The molecule has 4 aromatic rings. The Morgan fingerprint density at radius 1 is 1.11 bits per heavy atom. The van der Waals surface area contributed by atoms with Crippen molar-refractivity contribution in [1.82, 2.24) is 14.5 Å². The number of fused-ring (bicyclic) bond motifs is 1. The van der Waals surface area contributed by atoms with E-state index >= 15 is 0 Å². The molecule has 0 aliphatic carbocycles. The topological polar surface area (TPSA) is 59.8 Å². The molecule has 0 unspecified atom stereocenters. The van der Waals surface area contributed by atoms with E-state index in [1.165, 1.54) is 11.3 Å². The Labute approximate surface area is 165 Å². The van der Waals surface area contributed by atoms with Gasteiger partial charge in [0.15, 0.2) is 5.13 Å². The van der Waals surface area contributed by atoms with E-state index in [4.69, 9.17) is 0 Å². The number of thiazole rings is 1. The zero-order valence-electron chi connectivity index (χ0n) is 14.8. The fourth-order valence-corrected chi connectivity index (χ4v) is 4.13. The smallest absolute Gasteiger partial charge is 0.246 e. The number of thioether (sulfide) groups is 1. The molecule has 0 aliphatic heterocycles. The van der Waals surface area contributed by atoms with E-state index in [1.54, 1.807) is 11.8 Å². The van der Waals surface area contributed by atoms with E-state index in [9.17, 15) is 4.79 Å². The van der Waals surface area contributed by atoms with Gasteiger partial charge in [-0.3, -0.25) is 4.79 Å². The molecule has 0 radical (unpaired) electrons. The van der Waals surface area contributed by atoms with E-state index in [-0.39, 0.29) is 12.5 Å². The zero-order chi connectivity index (χ0) is 18.6. The third-order valence-corrected chi connectivity index (χ3v) is 5.43. The van der Waals surface area contributed by atoms with Crippen LogP contribution in [0.1, 0.15) is 5.82 Å². The van der Waals surface area contributed by atoms with E-state index in [0.29, 0.717) is 5.13 Å². The van der Waals surface area contributed by atoms with Crippen molar-refractivity contribution in [1.29, 1.82) is 0 Å². The number of anilines is 1. The average Bonchev–Trinajstić information content (AvgIpc) is 3.28. The number of nitrogens with one attached hydrogen (secondary N) is 1. The van der Waals surface area contributed by atoms with Crippen LogP contribution in [0.4, 0.5) is 5.13 Å². The standard InChI is InChI=1S/C20H18N4OS2/c1-26-13-18-21-15-9-5-6-10-17(15)24(18)11-19(25)23-20-22-16(12-27-20)14-7-3-2-4-8-14/h2-10,12H,11,13H2,1H3,(H,22,23,25). The first-order chi connectivity index (χ1) is 13.2. The van der Waals surface area contributed by atoms with Crippen molar-refractivity contribution >= 4 is 45.2 Å². The predicted octanol–water partition coefficient (Wildman–Crippen LogP) is 4.66. The number of amides is 1. The third kappa shape index (κ3) is 3.89. The number of benzene rings is 2. The molecule has 0 fully saturated rings. The molecule has 0 saturated heterocycles. The van der Waals surface area contributed by atoms with E-state index in [1.807, 2.05) is 70.8 Å². The number of aromatic nitrogens is 3. The van der Waals surface area contributed by atoms with Crippen LogP contribution >= 0.6 is 23.1 Å². The number of nitrogens with zero attached hydrogens (tertiary/aromatic N) is 3.